The molecule has 3 heterocycles. The maximum Gasteiger partial charge on any atom is 0.155 e. The topological polar surface area (TPSA) is 50.1 Å². The Bertz CT molecular complexity index is 935. The SMILES string of the molecule is CCn1ncc(CN2CCN(c3nccnc3-c3ccc(F)cc3)CC2)c1C.Cl. The zero-order valence-corrected chi connectivity index (χ0v) is 17.6. The second-order valence-corrected chi connectivity index (χ2v) is 7.07. The number of hydrogen-bond donors (Lipinski definition) is 0. The molecule has 0 amide bonds. The Kier molecular flexibility index (Phi) is 6.82. The van der Waals surface area contributed by atoms with Gasteiger partial charge in [0.2, 0.25) is 0 Å². The first-order valence-corrected chi connectivity index (χ1v) is 9.71. The van der Waals surface area contributed by atoms with Crippen molar-refractivity contribution in [3.8, 4) is 11.3 Å². The predicted molar refractivity (Wildman–Crippen MR) is 115 cm³/mol. The van der Waals surface area contributed by atoms with Crippen molar-refractivity contribution >= 4 is 18.2 Å². The number of aryl methyl sites for hydroxylation is 1. The van der Waals surface area contributed by atoms with E-state index in [1.807, 2.05) is 10.9 Å². The molecule has 3 aromatic rings. The van der Waals surface area contributed by atoms with Crippen LogP contribution in [0.2, 0.25) is 0 Å². The molecule has 1 saturated heterocycles. The Morgan fingerprint density at radius 3 is 2.34 bits per heavy atom. The summed E-state index contributed by atoms with van der Waals surface area (Å²) in [4.78, 5) is 13.8. The van der Waals surface area contributed by atoms with Crippen molar-refractivity contribution in [2.75, 3.05) is 31.1 Å². The Labute approximate surface area is 176 Å². The molecule has 0 spiro atoms. The van der Waals surface area contributed by atoms with Crippen molar-refractivity contribution in [3.63, 3.8) is 0 Å². The standard InChI is InChI=1S/C21H25FN6.ClH/c1-3-28-16(2)18(14-25-28)15-26-10-12-27(13-11-26)21-20(23-8-9-24-21)17-4-6-19(22)7-5-17;/h4-9,14H,3,10-13,15H2,1-2H3;1H. The fraction of sp³-hybridized carbons (Fsp3) is 0.381. The molecule has 2 aromatic heterocycles. The van der Waals surface area contributed by atoms with Crippen LogP contribution in [0.4, 0.5) is 10.2 Å². The maximum absolute atomic E-state index is 13.3. The molecule has 4 rings (SSSR count). The molecule has 154 valence electrons. The summed E-state index contributed by atoms with van der Waals surface area (Å²) in [5.41, 5.74) is 4.23. The van der Waals surface area contributed by atoms with Crippen LogP contribution in [0.1, 0.15) is 18.2 Å². The van der Waals surface area contributed by atoms with Gasteiger partial charge in [-0.1, -0.05) is 0 Å². The first kappa shape index (κ1) is 21.2. The first-order chi connectivity index (χ1) is 13.7. The van der Waals surface area contributed by atoms with Crippen LogP contribution in [0.25, 0.3) is 11.3 Å². The van der Waals surface area contributed by atoms with Gasteiger partial charge in [-0.15, -0.1) is 12.4 Å². The summed E-state index contributed by atoms with van der Waals surface area (Å²) in [5, 5.41) is 4.45. The van der Waals surface area contributed by atoms with Crippen molar-refractivity contribution in [2.45, 2.75) is 26.9 Å². The summed E-state index contributed by atoms with van der Waals surface area (Å²) >= 11 is 0. The molecular weight excluding hydrogens is 391 g/mol. The van der Waals surface area contributed by atoms with Crippen molar-refractivity contribution in [2.24, 2.45) is 0 Å². The average Bonchev–Trinajstić information content (AvgIpc) is 3.09. The van der Waals surface area contributed by atoms with Crippen LogP contribution in [0.3, 0.4) is 0 Å². The van der Waals surface area contributed by atoms with E-state index in [-0.39, 0.29) is 18.2 Å². The van der Waals surface area contributed by atoms with Gasteiger partial charge in [-0.3, -0.25) is 14.6 Å². The minimum Gasteiger partial charge on any atom is -0.352 e. The van der Waals surface area contributed by atoms with Gasteiger partial charge in [-0.05, 0) is 38.1 Å². The highest BCUT2D eigenvalue weighted by molar-refractivity contribution is 5.85. The lowest BCUT2D eigenvalue weighted by atomic mass is 10.1. The monoisotopic (exact) mass is 416 g/mol. The van der Waals surface area contributed by atoms with E-state index in [1.54, 1.807) is 24.5 Å². The summed E-state index contributed by atoms with van der Waals surface area (Å²) in [6.45, 7) is 9.75. The third-order valence-corrected chi connectivity index (χ3v) is 5.37. The van der Waals surface area contributed by atoms with Gasteiger partial charge in [-0.2, -0.15) is 5.10 Å². The van der Waals surface area contributed by atoms with E-state index >= 15 is 0 Å². The number of nitrogens with zero attached hydrogens (tertiary/aromatic N) is 6. The summed E-state index contributed by atoms with van der Waals surface area (Å²) < 4.78 is 15.3. The van der Waals surface area contributed by atoms with Crippen LogP contribution in [-0.4, -0.2) is 50.8 Å². The second-order valence-electron chi connectivity index (χ2n) is 7.07. The third kappa shape index (κ3) is 4.57. The van der Waals surface area contributed by atoms with Crippen LogP contribution in [0, 0.1) is 12.7 Å². The highest BCUT2D eigenvalue weighted by Crippen LogP contribution is 2.27. The van der Waals surface area contributed by atoms with Gasteiger partial charge >= 0.3 is 0 Å². The van der Waals surface area contributed by atoms with Crippen molar-refractivity contribution in [3.05, 3.63) is 59.9 Å². The molecule has 1 aromatic carbocycles. The average molecular weight is 417 g/mol. The lowest BCUT2D eigenvalue weighted by Gasteiger charge is -2.35. The minimum absolute atomic E-state index is 0. The third-order valence-electron chi connectivity index (χ3n) is 5.37. The highest BCUT2D eigenvalue weighted by Gasteiger charge is 2.22. The molecule has 1 fully saturated rings. The fourth-order valence-corrected chi connectivity index (χ4v) is 3.69. The van der Waals surface area contributed by atoms with Gasteiger partial charge < -0.3 is 4.90 Å². The van der Waals surface area contributed by atoms with E-state index in [1.165, 1.54) is 23.4 Å². The summed E-state index contributed by atoms with van der Waals surface area (Å²) in [6.07, 6.45) is 5.39. The number of piperazine rings is 1. The number of halogens is 2. The van der Waals surface area contributed by atoms with Crippen LogP contribution in [0.15, 0.2) is 42.9 Å². The molecule has 0 aliphatic carbocycles. The van der Waals surface area contributed by atoms with Gasteiger partial charge in [-0.25, -0.2) is 9.37 Å². The van der Waals surface area contributed by atoms with Crippen LogP contribution < -0.4 is 4.90 Å². The Morgan fingerprint density at radius 1 is 1.00 bits per heavy atom. The lowest BCUT2D eigenvalue weighted by molar-refractivity contribution is 0.249. The van der Waals surface area contributed by atoms with E-state index < -0.39 is 0 Å². The van der Waals surface area contributed by atoms with Crippen LogP contribution in [-0.2, 0) is 13.1 Å². The van der Waals surface area contributed by atoms with E-state index in [0.29, 0.717) is 0 Å². The molecule has 1 aliphatic rings. The number of benzene rings is 1. The van der Waals surface area contributed by atoms with Crippen molar-refractivity contribution in [1.82, 2.24) is 24.6 Å². The molecule has 0 unspecified atom stereocenters. The molecule has 0 N–H and O–H groups in total. The summed E-state index contributed by atoms with van der Waals surface area (Å²) in [6, 6.07) is 6.44. The molecule has 0 radical (unpaired) electrons. The molecule has 0 saturated carbocycles. The maximum atomic E-state index is 13.3. The molecule has 0 bridgehead atoms. The highest BCUT2D eigenvalue weighted by atomic mass is 35.5. The second kappa shape index (κ2) is 9.33. The number of aromatic nitrogens is 4. The predicted octanol–water partition coefficient (Wildman–Crippen LogP) is 3.55. The molecule has 1 aliphatic heterocycles. The quantitative estimate of drug-likeness (QED) is 0.636. The normalized spacial score (nSPS) is 14.7. The van der Waals surface area contributed by atoms with Gasteiger partial charge in [0.15, 0.2) is 5.82 Å². The van der Waals surface area contributed by atoms with Gasteiger partial charge in [0, 0.05) is 68.5 Å². The Balaban J connectivity index is 0.00000240. The van der Waals surface area contributed by atoms with E-state index in [9.17, 15) is 4.39 Å². The molecule has 0 atom stereocenters. The number of hydrogen-bond acceptors (Lipinski definition) is 5. The molecule has 29 heavy (non-hydrogen) atoms. The summed E-state index contributed by atoms with van der Waals surface area (Å²) in [7, 11) is 0. The van der Waals surface area contributed by atoms with Crippen LogP contribution in [0.5, 0.6) is 0 Å². The zero-order valence-electron chi connectivity index (χ0n) is 16.8. The Hall–Kier alpha value is -2.51. The minimum atomic E-state index is -0.246. The van der Waals surface area contributed by atoms with Gasteiger partial charge in [0.25, 0.3) is 0 Å². The van der Waals surface area contributed by atoms with Gasteiger partial charge in [0.05, 0.1) is 6.20 Å². The molecular formula is C21H26ClFN6. The molecule has 8 heteroatoms. The van der Waals surface area contributed by atoms with Crippen LogP contribution >= 0.6 is 12.4 Å². The number of anilines is 1. The van der Waals surface area contributed by atoms with E-state index in [2.05, 4.69) is 38.7 Å². The fourth-order valence-electron chi connectivity index (χ4n) is 3.69. The van der Waals surface area contributed by atoms with E-state index in [4.69, 9.17) is 0 Å². The first-order valence-electron chi connectivity index (χ1n) is 9.71. The van der Waals surface area contributed by atoms with Crippen molar-refractivity contribution < 1.29 is 4.39 Å². The zero-order chi connectivity index (χ0) is 19.5. The smallest absolute Gasteiger partial charge is 0.155 e. The van der Waals surface area contributed by atoms with Gasteiger partial charge in [0.1, 0.15) is 11.5 Å². The Morgan fingerprint density at radius 2 is 1.69 bits per heavy atom. The molecule has 6 nitrogen and oxygen atoms in total. The van der Waals surface area contributed by atoms with E-state index in [0.717, 1.165) is 56.3 Å². The van der Waals surface area contributed by atoms with Crippen molar-refractivity contribution in [1.29, 1.82) is 0 Å². The summed E-state index contributed by atoms with van der Waals surface area (Å²) in [5.74, 6) is 0.619. The number of rotatable bonds is 5. The lowest BCUT2D eigenvalue weighted by Crippen LogP contribution is -2.46. The largest absolute Gasteiger partial charge is 0.352 e.